The number of rotatable bonds is 5. The molecule has 4 amide bonds. The standard InChI is InChI=1S/C17H16N2O3.C16H15N3O3.C11H12N2O3/c1-22-17(21)12-7-8-15-13(9-12)10-19(11-16(20)18-15)14-5-3-2-4-6-14;20-15-10-19(13-4-2-1-3-5-13)9-12-8-11(16(21)18-22)6-7-14(12)17-15;1-16-11(15)7-2-3-9-8(4-7)5-12-6-10(14)13-9/h2-9H,10-11H2,1H3,(H,18,20);1-8,22H,9-10H2,(H,17,20)(H,18,21);2-4,12H,5-6H2,1H3,(H,13,14). The number of nitrogens with one attached hydrogen (secondary N) is 5. The van der Waals surface area contributed by atoms with E-state index in [0.29, 0.717) is 42.0 Å². The van der Waals surface area contributed by atoms with Crippen LogP contribution in [0.3, 0.4) is 0 Å². The van der Waals surface area contributed by atoms with E-state index >= 15 is 0 Å². The van der Waals surface area contributed by atoms with Crippen molar-refractivity contribution in [3.63, 3.8) is 0 Å². The highest BCUT2D eigenvalue weighted by Crippen LogP contribution is 2.28. The lowest BCUT2D eigenvalue weighted by molar-refractivity contribution is -0.116. The fourth-order valence-electron chi connectivity index (χ4n) is 6.65. The van der Waals surface area contributed by atoms with Crippen LogP contribution < -0.4 is 36.5 Å². The molecule has 0 saturated carbocycles. The highest BCUT2D eigenvalue weighted by Gasteiger charge is 2.23. The number of anilines is 5. The van der Waals surface area contributed by atoms with Crippen LogP contribution in [0.2, 0.25) is 0 Å². The summed E-state index contributed by atoms with van der Waals surface area (Å²) < 4.78 is 9.38. The monoisotopic (exact) mass is 813 g/mol. The first kappa shape index (κ1) is 42.1. The van der Waals surface area contributed by atoms with Gasteiger partial charge in [-0.15, -0.1) is 0 Å². The fourth-order valence-corrected chi connectivity index (χ4v) is 6.65. The average Bonchev–Trinajstić information content (AvgIpc) is 3.66. The second kappa shape index (κ2) is 19.7. The normalized spacial score (nSPS) is 14.1. The van der Waals surface area contributed by atoms with Gasteiger partial charge in [0.15, 0.2) is 0 Å². The summed E-state index contributed by atoms with van der Waals surface area (Å²) in [7, 11) is 2.69. The van der Waals surface area contributed by atoms with Crippen LogP contribution in [0, 0.1) is 0 Å². The van der Waals surface area contributed by atoms with Crippen LogP contribution in [0.1, 0.15) is 47.8 Å². The predicted molar refractivity (Wildman–Crippen MR) is 224 cm³/mol. The summed E-state index contributed by atoms with van der Waals surface area (Å²) in [5, 5.41) is 20.2. The number of nitrogens with zero attached hydrogens (tertiary/aromatic N) is 2. The lowest BCUT2D eigenvalue weighted by Crippen LogP contribution is -2.29. The molecule has 0 radical (unpaired) electrons. The molecule has 0 atom stereocenters. The average molecular weight is 814 g/mol. The van der Waals surface area contributed by atoms with E-state index in [1.165, 1.54) is 14.2 Å². The Bertz CT molecular complexity index is 2270. The number of hydrogen-bond donors (Lipinski definition) is 6. The van der Waals surface area contributed by atoms with Gasteiger partial charge in [-0.1, -0.05) is 36.4 Å². The maximum absolute atomic E-state index is 12.1. The number of carbonyl (C=O) groups excluding carboxylic acids is 6. The summed E-state index contributed by atoms with van der Waals surface area (Å²) in [6.07, 6.45) is 0. The van der Waals surface area contributed by atoms with Crippen molar-refractivity contribution in [2.24, 2.45) is 0 Å². The van der Waals surface area contributed by atoms with E-state index in [1.54, 1.807) is 60.1 Å². The molecule has 5 aromatic rings. The number of carbonyl (C=O) groups is 6. The minimum Gasteiger partial charge on any atom is -0.465 e. The molecule has 16 nitrogen and oxygen atoms in total. The molecule has 3 aliphatic rings. The van der Waals surface area contributed by atoms with Crippen LogP contribution >= 0.6 is 0 Å². The summed E-state index contributed by atoms with van der Waals surface area (Å²) in [4.78, 5) is 73.8. The molecule has 0 unspecified atom stereocenters. The Labute approximate surface area is 345 Å². The van der Waals surface area contributed by atoms with E-state index in [0.717, 1.165) is 39.4 Å². The zero-order valence-corrected chi connectivity index (χ0v) is 32.8. The Balaban J connectivity index is 0.000000153. The number of esters is 2. The van der Waals surface area contributed by atoms with Crippen LogP contribution in [-0.4, -0.2) is 74.6 Å². The van der Waals surface area contributed by atoms with Gasteiger partial charge < -0.3 is 40.5 Å². The van der Waals surface area contributed by atoms with Gasteiger partial charge in [-0.25, -0.2) is 15.1 Å². The van der Waals surface area contributed by atoms with Crippen molar-refractivity contribution in [3.8, 4) is 0 Å². The summed E-state index contributed by atoms with van der Waals surface area (Å²) in [6, 6.07) is 34.5. The van der Waals surface area contributed by atoms with Crippen molar-refractivity contribution in [2.75, 3.05) is 59.6 Å². The van der Waals surface area contributed by atoms with Gasteiger partial charge in [-0.3, -0.25) is 24.4 Å². The number of ether oxygens (including phenoxy) is 2. The quantitative estimate of drug-likeness (QED) is 0.0811. The van der Waals surface area contributed by atoms with Crippen molar-refractivity contribution in [1.82, 2.24) is 10.8 Å². The highest BCUT2D eigenvalue weighted by molar-refractivity contribution is 5.99. The number of fused-ring (bicyclic) bond motifs is 3. The molecule has 0 bridgehead atoms. The third kappa shape index (κ3) is 10.7. The molecule has 8 rings (SSSR count). The van der Waals surface area contributed by atoms with E-state index in [4.69, 9.17) is 9.94 Å². The maximum atomic E-state index is 12.1. The lowest BCUT2D eigenvalue weighted by atomic mass is 10.1. The number of hydroxylamine groups is 1. The molecule has 0 spiro atoms. The van der Waals surface area contributed by atoms with E-state index in [9.17, 15) is 28.8 Å². The van der Waals surface area contributed by atoms with Gasteiger partial charge in [0.2, 0.25) is 17.7 Å². The van der Waals surface area contributed by atoms with Gasteiger partial charge in [-0.05, 0) is 95.6 Å². The lowest BCUT2D eigenvalue weighted by Gasteiger charge is -2.21. The molecule has 6 N–H and O–H groups in total. The fraction of sp³-hybridized carbons (Fsp3) is 0.182. The van der Waals surface area contributed by atoms with Gasteiger partial charge in [-0.2, -0.15) is 0 Å². The Hall–Kier alpha value is -7.56. The Morgan fingerprint density at radius 1 is 0.533 bits per heavy atom. The molecule has 0 aromatic heterocycles. The molecule has 3 heterocycles. The Morgan fingerprint density at radius 3 is 1.42 bits per heavy atom. The van der Waals surface area contributed by atoms with Crippen LogP contribution in [0.4, 0.5) is 28.4 Å². The second-order valence-electron chi connectivity index (χ2n) is 13.7. The third-order valence-electron chi connectivity index (χ3n) is 9.58. The Kier molecular flexibility index (Phi) is 13.8. The molecule has 5 aromatic carbocycles. The topological polar surface area (TPSA) is 208 Å². The summed E-state index contributed by atoms with van der Waals surface area (Å²) in [5.41, 5.74) is 9.55. The van der Waals surface area contributed by atoms with Gasteiger partial charge in [0.25, 0.3) is 5.91 Å². The molecule has 60 heavy (non-hydrogen) atoms. The van der Waals surface area contributed by atoms with Crippen molar-refractivity contribution < 1.29 is 43.4 Å². The first-order valence-corrected chi connectivity index (χ1v) is 18.7. The van der Waals surface area contributed by atoms with Crippen LogP contribution in [0.15, 0.2) is 115 Å². The number of para-hydroxylation sites is 2. The molecule has 16 heteroatoms. The molecule has 308 valence electrons. The van der Waals surface area contributed by atoms with Crippen molar-refractivity contribution >= 4 is 64.0 Å². The van der Waals surface area contributed by atoms with Crippen molar-refractivity contribution in [3.05, 3.63) is 149 Å². The smallest absolute Gasteiger partial charge is 0.337 e. The van der Waals surface area contributed by atoms with E-state index < -0.39 is 5.91 Å². The van der Waals surface area contributed by atoms with Crippen molar-refractivity contribution in [2.45, 2.75) is 19.6 Å². The first-order valence-electron chi connectivity index (χ1n) is 18.7. The third-order valence-corrected chi connectivity index (χ3v) is 9.58. The SMILES string of the molecule is COC(=O)c1ccc2c(c1)CN(c1ccccc1)CC(=O)N2.COC(=O)c1ccc2c(c1)CNCC(=O)N2.O=C1CN(c2ccccc2)Cc2cc(C(=O)NO)ccc2N1. The largest absolute Gasteiger partial charge is 0.465 e. The molecule has 0 saturated heterocycles. The zero-order chi connectivity index (χ0) is 42.6. The summed E-state index contributed by atoms with van der Waals surface area (Å²) in [6.45, 7) is 2.38. The molecule has 3 aliphatic heterocycles. The summed E-state index contributed by atoms with van der Waals surface area (Å²) >= 11 is 0. The number of hydrogen-bond acceptors (Lipinski definition) is 12. The highest BCUT2D eigenvalue weighted by atomic mass is 16.5. The number of benzene rings is 5. The Morgan fingerprint density at radius 2 is 0.950 bits per heavy atom. The van der Waals surface area contributed by atoms with Crippen LogP contribution in [-0.2, 0) is 43.5 Å². The predicted octanol–water partition coefficient (Wildman–Crippen LogP) is 4.71. The molecular formula is C44H43N7O9. The molecule has 0 fully saturated rings. The van der Waals surface area contributed by atoms with Gasteiger partial charge in [0.1, 0.15) is 0 Å². The van der Waals surface area contributed by atoms with Gasteiger partial charge in [0.05, 0.1) is 45.0 Å². The van der Waals surface area contributed by atoms with Crippen molar-refractivity contribution in [1.29, 1.82) is 0 Å². The van der Waals surface area contributed by atoms with Crippen LogP contribution in [0.25, 0.3) is 0 Å². The van der Waals surface area contributed by atoms with Crippen LogP contribution in [0.5, 0.6) is 0 Å². The number of amides is 4. The van der Waals surface area contributed by atoms with Gasteiger partial charge >= 0.3 is 11.9 Å². The minimum atomic E-state index is -0.579. The van der Waals surface area contributed by atoms with E-state index in [1.807, 2.05) is 70.5 Å². The maximum Gasteiger partial charge on any atom is 0.337 e. The first-order chi connectivity index (χ1) is 29.0. The second-order valence-corrected chi connectivity index (χ2v) is 13.7. The minimum absolute atomic E-state index is 0.0755. The number of methoxy groups -OCH3 is 2. The summed E-state index contributed by atoms with van der Waals surface area (Å²) in [5.74, 6) is -1.60. The van der Waals surface area contributed by atoms with E-state index in [2.05, 4.69) is 26.0 Å². The molecule has 0 aliphatic carbocycles. The van der Waals surface area contributed by atoms with E-state index in [-0.39, 0.29) is 49.3 Å². The molecular weight excluding hydrogens is 771 g/mol. The van der Waals surface area contributed by atoms with Gasteiger partial charge in [0, 0.05) is 53.6 Å². The zero-order valence-electron chi connectivity index (χ0n) is 32.8.